The number of rotatable bonds is 2. The number of carbonyl (C=O) groups excluding carboxylic acids is 1. The number of primary amides is 1. The zero-order valence-electron chi connectivity index (χ0n) is 10.3. The SMILES string of the molecule is COc1cc(O)cn2c1c(C(N)=O)c1ccccc12. The third-order valence-corrected chi connectivity index (χ3v) is 3.15. The highest BCUT2D eigenvalue weighted by molar-refractivity contribution is 6.14. The number of nitrogens with zero attached hydrogens (tertiary/aromatic N) is 1. The van der Waals surface area contributed by atoms with Crippen molar-refractivity contribution in [3.8, 4) is 11.5 Å². The molecule has 5 heteroatoms. The standard InChI is InChI=1S/C14H12N2O3/c1-19-11-6-8(17)7-16-10-5-3-2-4-9(10)12(13(11)16)14(15)18/h2-7,17H,1H3,(H2,15,18). The fourth-order valence-corrected chi connectivity index (χ4v) is 2.42. The van der Waals surface area contributed by atoms with Crippen LogP contribution in [0.2, 0.25) is 0 Å². The molecule has 0 saturated carbocycles. The predicted octanol–water partition coefficient (Wildman–Crippen LogP) is 1.91. The van der Waals surface area contributed by atoms with Gasteiger partial charge >= 0.3 is 0 Å². The van der Waals surface area contributed by atoms with Gasteiger partial charge in [0.05, 0.1) is 24.4 Å². The molecule has 0 aliphatic rings. The number of methoxy groups -OCH3 is 1. The fourth-order valence-electron chi connectivity index (χ4n) is 2.42. The lowest BCUT2D eigenvalue weighted by Crippen LogP contribution is -2.11. The Morgan fingerprint density at radius 1 is 1.37 bits per heavy atom. The van der Waals surface area contributed by atoms with Crippen molar-refractivity contribution < 1.29 is 14.6 Å². The summed E-state index contributed by atoms with van der Waals surface area (Å²) in [5.74, 6) is -0.0613. The van der Waals surface area contributed by atoms with Crippen LogP contribution >= 0.6 is 0 Å². The summed E-state index contributed by atoms with van der Waals surface area (Å²) in [5.41, 5.74) is 7.23. The summed E-state index contributed by atoms with van der Waals surface area (Å²) in [6, 6.07) is 8.82. The Morgan fingerprint density at radius 3 is 2.79 bits per heavy atom. The number of hydrogen-bond donors (Lipinski definition) is 2. The normalized spacial score (nSPS) is 11.0. The van der Waals surface area contributed by atoms with Crippen LogP contribution in [0, 0.1) is 0 Å². The van der Waals surface area contributed by atoms with Crippen molar-refractivity contribution in [1.82, 2.24) is 4.40 Å². The lowest BCUT2D eigenvalue weighted by atomic mass is 10.1. The van der Waals surface area contributed by atoms with Crippen LogP contribution in [0.3, 0.4) is 0 Å². The van der Waals surface area contributed by atoms with Crippen LogP contribution in [0.5, 0.6) is 11.5 Å². The maximum Gasteiger partial charge on any atom is 0.251 e. The van der Waals surface area contributed by atoms with Gasteiger partial charge in [-0.05, 0) is 6.07 Å². The number of pyridine rings is 1. The quantitative estimate of drug-likeness (QED) is 0.735. The van der Waals surface area contributed by atoms with Gasteiger partial charge in [0.1, 0.15) is 17.0 Å². The van der Waals surface area contributed by atoms with E-state index in [4.69, 9.17) is 10.5 Å². The molecule has 0 atom stereocenters. The Kier molecular flexibility index (Phi) is 2.35. The van der Waals surface area contributed by atoms with Crippen LogP contribution in [0.4, 0.5) is 0 Å². The molecule has 0 saturated heterocycles. The first kappa shape index (κ1) is 11.4. The van der Waals surface area contributed by atoms with Gasteiger partial charge in [-0.15, -0.1) is 0 Å². The van der Waals surface area contributed by atoms with E-state index in [-0.39, 0.29) is 5.75 Å². The van der Waals surface area contributed by atoms with Gasteiger partial charge in [-0.25, -0.2) is 0 Å². The van der Waals surface area contributed by atoms with Crippen molar-refractivity contribution in [2.45, 2.75) is 0 Å². The summed E-state index contributed by atoms with van der Waals surface area (Å²) < 4.78 is 6.95. The number of para-hydroxylation sites is 1. The highest BCUT2D eigenvalue weighted by atomic mass is 16.5. The molecule has 1 aromatic carbocycles. The minimum Gasteiger partial charge on any atom is -0.506 e. The van der Waals surface area contributed by atoms with Gasteiger partial charge in [-0.3, -0.25) is 4.79 Å². The number of ether oxygens (including phenoxy) is 1. The first-order valence-electron chi connectivity index (χ1n) is 5.73. The van der Waals surface area contributed by atoms with Crippen LogP contribution in [0.1, 0.15) is 10.4 Å². The van der Waals surface area contributed by atoms with Crippen LogP contribution in [0.15, 0.2) is 36.5 Å². The molecular weight excluding hydrogens is 244 g/mol. The smallest absolute Gasteiger partial charge is 0.251 e. The Bertz CT molecular complexity index is 805. The fraction of sp³-hybridized carbons (Fsp3) is 0.0714. The largest absolute Gasteiger partial charge is 0.506 e. The van der Waals surface area contributed by atoms with Crippen molar-refractivity contribution >= 4 is 22.3 Å². The summed E-state index contributed by atoms with van der Waals surface area (Å²) in [6.45, 7) is 0. The molecule has 0 bridgehead atoms. The van der Waals surface area contributed by atoms with Crippen LogP contribution in [0.25, 0.3) is 16.4 Å². The van der Waals surface area contributed by atoms with E-state index in [9.17, 15) is 9.90 Å². The lowest BCUT2D eigenvalue weighted by Gasteiger charge is -2.06. The first-order chi connectivity index (χ1) is 9.13. The molecule has 0 spiro atoms. The number of hydrogen-bond acceptors (Lipinski definition) is 3. The molecule has 0 radical (unpaired) electrons. The van der Waals surface area contributed by atoms with Crippen LogP contribution < -0.4 is 10.5 Å². The van der Waals surface area contributed by atoms with Crippen molar-refractivity contribution in [1.29, 1.82) is 0 Å². The van der Waals surface area contributed by atoms with Crippen molar-refractivity contribution in [2.24, 2.45) is 5.73 Å². The van der Waals surface area contributed by atoms with Gasteiger partial charge in [-0.2, -0.15) is 0 Å². The van der Waals surface area contributed by atoms with E-state index in [1.54, 1.807) is 4.40 Å². The van der Waals surface area contributed by atoms with Gasteiger partial charge in [-0.1, -0.05) is 18.2 Å². The molecule has 1 amide bonds. The van der Waals surface area contributed by atoms with Crippen molar-refractivity contribution in [2.75, 3.05) is 7.11 Å². The van der Waals surface area contributed by atoms with Gasteiger partial charge < -0.3 is 20.0 Å². The topological polar surface area (TPSA) is 77.0 Å². The predicted molar refractivity (Wildman–Crippen MR) is 71.6 cm³/mol. The van der Waals surface area contributed by atoms with Gasteiger partial charge in [0.2, 0.25) is 0 Å². The second-order valence-electron chi connectivity index (χ2n) is 4.24. The zero-order valence-corrected chi connectivity index (χ0v) is 10.3. The average Bonchev–Trinajstić information content (AvgIpc) is 2.72. The molecule has 19 heavy (non-hydrogen) atoms. The maximum atomic E-state index is 11.7. The van der Waals surface area contributed by atoms with E-state index in [0.29, 0.717) is 16.8 Å². The van der Waals surface area contributed by atoms with Crippen LogP contribution in [-0.4, -0.2) is 22.5 Å². The van der Waals surface area contributed by atoms with E-state index in [0.717, 1.165) is 10.9 Å². The molecule has 0 unspecified atom stereocenters. The number of benzene rings is 1. The Hall–Kier alpha value is -2.69. The number of nitrogens with two attached hydrogens (primary N) is 1. The molecule has 0 fully saturated rings. The highest BCUT2D eigenvalue weighted by Crippen LogP contribution is 2.34. The van der Waals surface area contributed by atoms with E-state index >= 15 is 0 Å². The summed E-state index contributed by atoms with van der Waals surface area (Å²) >= 11 is 0. The molecule has 2 aromatic heterocycles. The number of carbonyl (C=O) groups is 1. The minimum atomic E-state index is -0.525. The second-order valence-corrected chi connectivity index (χ2v) is 4.24. The van der Waals surface area contributed by atoms with E-state index < -0.39 is 5.91 Å². The zero-order chi connectivity index (χ0) is 13.6. The third-order valence-electron chi connectivity index (χ3n) is 3.15. The van der Waals surface area contributed by atoms with Gasteiger partial charge in [0.15, 0.2) is 0 Å². The Balaban J connectivity index is 2.64. The number of amides is 1. The van der Waals surface area contributed by atoms with Gasteiger partial charge in [0, 0.05) is 11.5 Å². The number of aromatic nitrogens is 1. The summed E-state index contributed by atoms with van der Waals surface area (Å²) in [6.07, 6.45) is 1.53. The Labute approximate surface area is 108 Å². The lowest BCUT2D eigenvalue weighted by molar-refractivity contribution is 0.100. The summed E-state index contributed by atoms with van der Waals surface area (Å²) in [7, 11) is 1.48. The van der Waals surface area contributed by atoms with E-state index in [1.165, 1.54) is 19.4 Å². The minimum absolute atomic E-state index is 0.0566. The van der Waals surface area contributed by atoms with E-state index in [1.807, 2.05) is 24.3 Å². The molecule has 0 aliphatic heterocycles. The monoisotopic (exact) mass is 256 g/mol. The third kappa shape index (κ3) is 1.52. The molecule has 96 valence electrons. The first-order valence-corrected chi connectivity index (χ1v) is 5.73. The maximum absolute atomic E-state index is 11.7. The van der Waals surface area contributed by atoms with Crippen LogP contribution in [-0.2, 0) is 0 Å². The molecule has 2 heterocycles. The average molecular weight is 256 g/mol. The molecule has 3 rings (SSSR count). The van der Waals surface area contributed by atoms with Gasteiger partial charge in [0.25, 0.3) is 5.91 Å². The Morgan fingerprint density at radius 2 is 2.11 bits per heavy atom. The summed E-state index contributed by atoms with van der Waals surface area (Å²) in [4.78, 5) is 11.7. The van der Waals surface area contributed by atoms with Crippen molar-refractivity contribution in [3.05, 3.63) is 42.1 Å². The summed E-state index contributed by atoms with van der Waals surface area (Å²) in [5, 5.41) is 10.5. The second kappa shape index (κ2) is 3.91. The molecular formula is C14H12N2O3. The molecule has 3 aromatic rings. The molecule has 3 N–H and O–H groups in total. The van der Waals surface area contributed by atoms with E-state index in [2.05, 4.69) is 0 Å². The molecule has 0 aliphatic carbocycles. The van der Waals surface area contributed by atoms with Crippen molar-refractivity contribution in [3.63, 3.8) is 0 Å². The number of fused-ring (bicyclic) bond motifs is 3. The highest BCUT2D eigenvalue weighted by Gasteiger charge is 2.19. The molecule has 5 nitrogen and oxygen atoms in total. The number of aromatic hydroxyl groups is 1.